The maximum absolute atomic E-state index is 4.66. The molecule has 0 unspecified atom stereocenters. The highest BCUT2D eigenvalue weighted by molar-refractivity contribution is 7.09. The second kappa shape index (κ2) is 5.98. The number of aryl methyl sites for hydroxylation is 1. The van der Waals surface area contributed by atoms with Gasteiger partial charge in [-0.05, 0) is 37.0 Å². The lowest BCUT2D eigenvalue weighted by molar-refractivity contribution is 0.800. The number of nitrogens with zero attached hydrogens (tertiary/aromatic N) is 2. The summed E-state index contributed by atoms with van der Waals surface area (Å²) in [6, 6.07) is 8.48. The third-order valence-electron chi connectivity index (χ3n) is 2.91. The first-order valence-electron chi connectivity index (χ1n) is 6.05. The van der Waals surface area contributed by atoms with E-state index in [1.165, 1.54) is 10.4 Å². The number of nitrogens with one attached hydrogen (secondary N) is 1. The number of thiophene rings is 1. The Bertz CT molecular complexity index is 494. The summed E-state index contributed by atoms with van der Waals surface area (Å²) in [7, 11) is 4.04. The van der Waals surface area contributed by atoms with Crippen LogP contribution in [-0.2, 0) is 13.1 Å². The zero-order valence-corrected chi connectivity index (χ0v) is 11.9. The van der Waals surface area contributed by atoms with Gasteiger partial charge in [0.15, 0.2) is 0 Å². The van der Waals surface area contributed by atoms with Crippen molar-refractivity contribution < 1.29 is 0 Å². The topological polar surface area (TPSA) is 28.2 Å². The summed E-state index contributed by atoms with van der Waals surface area (Å²) >= 11 is 1.78. The second-order valence-corrected chi connectivity index (χ2v) is 5.41. The Morgan fingerprint density at radius 1 is 1.33 bits per heavy atom. The van der Waals surface area contributed by atoms with Gasteiger partial charge in [-0.25, -0.2) is 4.98 Å². The number of pyridine rings is 1. The van der Waals surface area contributed by atoms with Crippen molar-refractivity contribution in [3.05, 3.63) is 45.8 Å². The van der Waals surface area contributed by atoms with E-state index in [4.69, 9.17) is 0 Å². The van der Waals surface area contributed by atoms with Crippen LogP contribution in [0.2, 0.25) is 0 Å². The molecular weight excluding hydrogens is 242 g/mol. The molecule has 0 bridgehead atoms. The maximum Gasteiger partial charge on any atom is 0.128 e. The van der Waals surface area contributed by atoms with Gasteiger partial charge in [-0.2, -0.15) is 0 Å². The summed E-state index contributed by atoms with van der Waals surface area (Å²) in [5.74, 6) is 1.03. The Morgan fingerprint density at radius 3 is 2.78 bits per heavy atom. The predicted octanol–water partition coefficient (Wildman–Crippen LogP) is 2.81. The molecule has 0 saturated heterocycles. The Balaban J connectivity index is 2.11. The Kier molecular flexibility index (Phi) is 4.33. The van der Waals surface area contributed by atoms with E-state index in [2.05, 4.69) is 58.8 Å². The molecule has 4 heteroatoms. The lowest BCUT2D eigenvalue weighted by atomic mass is 10.2. The van der Waals surface area contributed by atoms with Crippen LogP contribution < -0.4 is 10.2 Å². The molecule has 3 nitrogen and oxygen atoms in total. The van der Waals surface area contributed by atoms with Crippen LogP contribution in [0.5, 0.6) is 0 Å². The highest BCUT2D eigenvalue weighted by Gasteiger charge is 2.06. The molecule has 0 aromatic carbocycles. The van der Waals surface area contributed by atoms with Gasteiger partial charge in [-0.3, -0.25) is 0 Å². The normalized spacial score (nSPS) is 10.6. The lowest BCUT2D eigenvalue weighted by Crippen LogP contribution is -2.18. The summed E-state index contributed by atoms with van der Waals surface area (Å²) in [6.45, 7) is 3.85. The van der Waals surface area contributed by atoms with Gasteiger partial charge < -0.3 is 10.2 Å². The zero-order chi connectivity index (χ0) is 13.0. The lowest BCUT2D eigenvalue weighted by Gasteiger charge is -2.18. The fraction of sp³-hybridized carbons (Fsp3) is 0.357. The molecule has 0 spiro atoms. The molecule has 0 atom stereocenters. The molecule has 18 heavy (non-hydrogen) atoms. The van der Waals surface area contributed by atoms with E-state index in [1.807, 2.05) is 7.05 Å². The summed E-state index contributed by atoms with van der Waals surface area (Å²) in [5.41, 5.74) is 2.35. The van der Waals surface area contributed by atoms with Crippen molar-refractivity contribution in [3.63, 3.8) is 0 Å². The quantitative estimate of drug-likeness (QED) is 0.897. The fourth-order valence-corrected chi connectivity index (χ4v) is 2.64. The largest absolute Gasteiger partial charge is 0.355 e. The van der Waals surface area contributed by atoms with Gasteiger partial charge in [-0.1, -0.05) is 12.1 Å². The number of rotatable bonds is 5. The van der Waals surface area contributed by atoms with Crippen LogP contribution >= 0.6 is 11.3 Å². The van der Waals surface area contributed by atoms with Crippen LogP contribution in [0.15, 0.2) is 29.6 Å². The van der Waals surface area contributed by atoms with Gasteiger partial charge in [0.1, 0.15) is 5.82 Å². The monoisotopic (exact) mass is 261 g/mol. The molecular formula is C14H19N3S. The molecule has 0 aliphatic rings. The molecule has 2 heterocycles. The number of aromatic nitrogens is 1. The van der Waals surface area contributed by atoms with Gasteiger partial charge in [0.2, 0.25) is 0 Å². The molecule has 0 radical (unpaired) electrons. The van der Waals surface area contributed by atoms with Crippen LogP contribution in [0.4, 0.5) is 5.82 Å². The maximum atomic E-state index is 4.66. The first-order valence-corrected chi connectivity index (χ1v) is 6.93. The minimum Gasteiger partial charge on any atom is -0.355 e. The first-order chi connectivity index (χ1) is 8.70. The van der Waals surface area contributed by atoms with Crippen LogP contribution in [0.25, 0.3) is 0 Å². The Labute approximate surface area is 112 Å². The van der Waals surface area contributed by atoms with Crippen molar-refractivity contribution in [2.24, 2.45) is 0 Å². The summed E-state index contributed by atoms with van der Waals surface area (Å²) in [6.07, 6.45) is 0. The SMILES string of the molecule is CNCc1ccc(N(C)Cc2cccs2)nc1C. The van der Waals surface area contributed by atoms with E-state index in [0.29, 0.717) is 0 Å². The molecule has 0 saturated carbocycles. The van der Waals surface area contributed by atoms with Crippen LogP contribution in [0.1, 0.15) is 16.1 Å². The zero-order valence-electron chi connectivity index (χ0n) is 11.1. The van der Waals surface area contributed by atoms with E-state index in [9.17, 15) is 0 Å². The molecule has 2 aromatic heterocycles. The van der Waals surface area contributed by atoms with Crippen molar-refractivity contribution in [2.75, 3.05) is 19.0 Å². The Hall–Kier alpha value is -1.39. The summed E-state index contributed by atoms with van der Waals surface area (Å²) in [4.78, 5) is 8.20. The number of anilines is 1. The van der Waals surface area contributed by atoms with Crippen LogP contribution in [0, 0.1) is 6.92 Å². The molecule has 0 amide bonds. The molecule has 1 N–H and O–H groups in total. The van der Waals surface area contributed by atoms with E-state index in [0.717, 1.165) is 24.6 Å². The molecule has 0 aliphatic carbocycles. The minimum atomic E-state index is 0.869. The van der Waals surface area contributed by atoms with Gasteiger partial charge in [0, 0.05) is 24.2 Å². The predicted molar refractivity (Wildman–Crippen MR) is 78.2 cm³/mol. The first kappa shape index (κ1) is 13.1. The molecule has 96 valence electrons. The van der Waals surface area contributed by atoms with Crippen LogP contribution in [-0.4, -0.2) is 19.1 Å². The smallest absolute Gasteiger partial charge is 0.128 e. The average molecular weight is 261 g/mol. The van der Waals surface area contributed by atoms with E-state index in [1.54, 1.807) is 11.3 Å². The van der Waals surface area contributed by atoms with Gasteiger partial charge in [0.05, 0.1) is 6.54 Å². The van der Waals surface area contributed by atoms with Crippen molar-refractivity contribution >= 4 is 17.2 Å². The van der Waals surface area contributed by atoms with Crippen molar-refractivity contribution in [1.29, 1.82) is 0 Å². The van der Waals surface area contributed by atoms with E-state index in [-0.39, 0.29) is 0 Å². The fourth-order valence-electron chi connectivity index (χ4n) is 1.88. The van der Waals surface area contributed by atoms with Gasteiger partial charge in [0.25, 0.3) is 0 Å². The van der Waals surface area contributed by atoms with E-state index >= 15 is 0 Å². The van der Waals surface area contributed by atoms with Gasteiger partial charge in [-0.15, -0.1) is 11.3 Å². The standard InChI is InChI=1S/C14H19N3S/c1-11-12(9-15-2)6-7-14(16-11)17(3)10-13-5-4-8-18-13/h4-8,15H,9-10H2,1-3H3. The molecule has 0 fully saturated rings. The molecule has 2 rings (SSSR count). The number of hydrogen-bond donors (Lipinski definition) is 1. The van der Waals surface area contributed by atoms with Crippen LogP contribution in [0.3, 0.4) is 0 Å². The minimum absolute atomic E-state index is 0.869. The number of hydrogen-bond acceptors (Lipinski definition) is 4. The summed E-state index contributed by atoms with van der Waals surface area (Å²) < 4.78 is 0. The van der Waals surface area contributed by atoms with Crippen molar-refractivity contribution in [1.82, 2.24) is 10.3 Å². The highest BCUT2D eigenvalue weighted by atomic mass is 32.1. The van der Waals surface area contributed by atoms with Crippen molar-refractivity contribution in [2.45, 2.75) is 20.0 Å². The molecule has 0 aliphatic heterocycles. The van der Waals surface area contributed by atoms with E-state index < -0.39 is 0 Å². The summed E-state index contributed by atoms with van der Waals surface area (Å²) in [5, 5.41) is 5.27. The highest BCUT2D eigenvalue weighted by Crippen LogP contribution is 2.18. The third-order valence-corrected chi connectivity index (χ3v) is 3.77. The average Bonchev–Trinajstić information content (AvgIpc) is 2.84. The molecule has 2 aromatic rings. The van der Waals surface area contributed by atoms with Crippen molar-refractivity contribution in [3.8, 4) is 0 Å². The second-order valence-electron chi connectivity index (χ2n) is 4.38. The van der Waals surface area contributed by atoms with Gasteiger partial charge >= 0.3 is 0 Å². The Morgan fingerprint density at radius 2 is 2.17 bits per heavy atom. The third kappa shape index (κ3) is 3.09.